The van der Waals surface area contributed by atoms with Crippen LogP contribution in [0.25, 0.3) is 0 Å². The van der Waals surface area contributed by atoms with E-state index in [9.17, 15) is 4.79 Å². The van der Waals surface area contributed by atoms with Crippen LogP contribution in [0.3, 0.4) is 0 Å². The van der Waals surface area contributed by atoms with Crippen molar-refractivity contribution in [3.8, 4) is 0 Å². The Morgan fingerprint density at radius 3 is 2.78 bits per heavy atom. The van der Waals surface area contributed by atoms with Gasteiger partial charge in [-0.05, 0) is 30.8 Å². The molecule has 0 aromatic carbocycles. The largest absolute Gasteiger partial charge is 0.320 e. The molecule has 1 amide bonds. The molecule has 23 heavy (non-hydrogen) atoms. The lowest BCUT2D eigenvalue weighted by Gasteiger charge is -2.17. The first-order valence-electron chi connectivity index (χ1n) is 8.13. The number of nitrogens with two attached hydrogens (primary N) is 1. The second-order valence-corrected chi connectivity index (χ2v) is 7.55. The number of aliphatic imine (C=N–C) groups is 1. The standard InChI is InChI=1S/C17H26N4OS/c1-10(2)8-12(18)16(22)21-15-7-5-6-13(19-15)17-20-14(9-23-17)11(3)4/h5,7,9-13H,6,8,18H2,1-4H3,(H,19,21,22)/t12-,13?/m0/s1. The molecule has 6 heteroatoms. The van der Waals surface area contributed by atoms with Crippen molar-refractivity contribution in [1.29, 1.82) is 0 Å². The Hall–Kier alpha value is -1.53. The number of hydrogen-bond acceptors (Lipinski definition) is 5. The number of carbonyl (C=O) groups excluding carboxylic acids is 1. The Morgan fingerprint density at radius 2 is 2.17 bits per heavy atom. The summed E-state index contributed by atoms with van der Waals surface area (Å²) in [5.74, 6) is 1.20. The molecule has 126 valence electrons. The number of thiazole rings is 1. The number of rotatable bonds is 5. The Bertz CT molecular complexity index is 603. The maximum atomic E-state index is 12.1. The summed E-state index contributed by atoms with van der Waals surface area (Å²) in [5.41, 5.74) is 7.01. The lowest BCUT2D eigenvalue weighted by molar-refractivity contribution is -0.121. The minimum absolute atomic E-state index is 0.0193. The fraction of sp³-hybridized carbons (Fsp3) is 0.588. The molecule has 2 rings (SSSR count). The summed E-state index contributed by atoms with van der Waals surface area (Å²) < 4.78 is 0. The Kier molecular flexibility index (Phi) is 6.07. The predicted molar refractivity (Wildman–Crippen MR) is 95.7 cm³/mol. The molecule has 0 saturated carbocycles. The molecule has 0 aliphatic carbocycles. The van der Waals surface area contributed by atoms with Gasteiger partial charge in [0.05, 0.1) is 11.7 Å². The highest BCUT2D eigenvalue weighted by molar-refractivity contribution is 7.09. The fourth-order valence-corrected chi connectivity index (χ4v) is 3.39. The van der Waals surface area contributed by atoms with Crippen LogP contribution in [0.4, 0.5) is 0 Å². The summed E-state index contributed by atoms with van der Waals surface area (Å²) in [6.07, 6.45) is 5.34. The Morgan fingerprint density at radius 1 is 1.43 bits per heavy atom. The van der Waals surface area contributed by atoms with Gasteiger partial charge in [-0.25, -0.2) is 4.98 Å². The quantitative estimate of drug-likeness (QED) is 0.868. The molecule has 0 fully saturated rings. The maximum absolute atomic E-state index is 12.1. The van der Waals surface area contributed by atoms with Crippen LogP contribution >= 0.6 is 11.3 Å². The highest BCUT2D eigenvalue weighted by atomic mass is 32.1. The van der Waals surface area contributed by atoms with E-state index in [0.29, 0.717) is 24.1 Å². The molecule has 1 aromatic rings. The monoisotopic (exact) mass is 334 g/mol. The van der Waals surface area contributed by atoms with Gasteiger partial charge in [0.1, 0.15) is 16.9 Å². The number of carbonyl (C=O) groups is 1. The van der Waals surface area contributed by atoms with E-state index in [1.807, 2.05) is 12.2 Å². The number of aromatic nitrogens is 1. The van der Waals surface area contributed by atoms with Gasteiger partial charge in [-0.3, -0.25) is 9.79 Å². The summed E-state index contributed by atoms with van der Waals surface area (Å²) >= 11 is 1.63. The van der Waals surface area contributed by atoms with Gasteiger partial charge in [0.25, 0.3) is 0 Å². The van der Waals surface area contributed by atoms with Crippen molar-refractivity contribution in [2.24, 2.45) is 16.6 Å². The van der Waals surface area contributed by atoms with Crippen molar-refractivity contribution in [1.82, 2.24) is 10.3 Å². The van der Waals surface area contributed by atoms with E-state index in [-0.39, 0.29) is 11.9 Å². The molecule has 0 spiro atoms. The molecular weight excluding hydrogens is 308 g/mol. The van der Waals surface area contributed by atoms with Gasteiger partial charge in [-0.2, -0.15) is 0 Å². The van der Waals surface area contributed by atoms with E-state index in [0.717, 1.165) is 17.1 Å². The second kappa shape index (κ2) is 7.84. The smallest absolute Gasteiger partial charge is 0.242 e. The molecule has 1 aromatic heterocycles. The zero-order valence-corrected chi connectivity index (χ0v) is 15.1. The number of amidine groups is 1. The van der Waals surface area contributed by atoms with Crippen LogP contribution in [0, 0.1) is 5.92 Å². The van der Waals surface area contributed by atoms with E-state index in [1.165, 1.54) is 0 Å². The molecule has 2 atom stereocenters. The first kappa shape index (κ1) is 17.8. The predicted octanol–water partition coefficient (Wildman–Crippen LogP) is 3.16. The van der Waals surface area contributed by atoms with Crippen molar-refractivity contribution >= 4 is 23.1 Å². The summed E-state index contributed by atoms with van der Waals surface area (Å²) in [4.78, 5) is 21.4. The second-order valence-electron chi connectivity index (χ2n) is 6.66. The first-order valence-corrected chi connectivity index (χ1v) is 9.01. The zero-order valence-electron chi connectivity index (χ0n) is 14.2. The average molecular weight is 334 g/mol. The van der Waals surface area contributed by atoms with Gasteiger partial charge < -0.3 is 11.1 Å². The summed E-state index contributed by atoms with van der Waals surface area (Å²) in [6.45, 7) is 8.36. The molecule has 1 aliphatic rings. The lowest BCUT2D eigenvalue weighted by atomic mass is 10.0. The van der Waals surface area contributed by atoms with Crippen molar-refractivity contribution in [3.63, 3.8) is 0 Å². The van der Waals surface area contributed by atoms with Crippen LogP contribution in [0.1, 0.15) is 63.2 Å². The first-order chi connectivity index (χ1) is 10.9. The average Bonchev–Trinajstić information content (AvgIpc) is 2.97. The molecule has 5 nitrogen and oxygen atoms in total. The molecule has 1 aliphatic heterocycles. The molecule has 2 heterocycles. The van der Waals surface area contributed by atoms with E-state index in [4.69, 9.17) is 5.73 Å². The van der Waals surface area contributed by atoms with Crippen molar-refractivity contribution < 1.29 is 4.79 Å². The van der Waals surface area contributed by atoms with E-state index in [1.54, 1.807) is 11.3 Å². The van der Waals surface area contributed by atoms with Crippen LogP contribution in [0.15, 0.2) is 22.5 Å². The highest BCUT2D eigenvalue weighted by Crippen LogP contribution is 2.29. The molecule has 0 bridgehead atoms. The van der Waals surface area contributed by atoms with Crippen molar-refractivity contribution in [2.45, 2.75) is 58.5 Å². The minimum atomic E-state index is -0.501. The molecule has 0 saturated heterocycles. The van der Waals surface area contributed by atoms with E-state index < -0.39 is 6.04 Å². The van der Waals surface area contributed by atoms with Crippen LogP contribution in [0.5, 0.6) is 0 Å². The Balaban J connectivity index is 2.03. The number of nitrogens with one attached hydrogen (secondary N) is 1. The molecule has 3 N–H and O–H groups in total. The number of amides is 1. The highest BCUT2D eigenvalue weighted by Gasteiger charge is 2.20. The fourth-order valence-electron chi connectivity index (χ4n) is 2.35. The van der Waals surface area contributed by atoms with Gasteiger partial charge in [0.2, 0.25) is 5.91 Å². The molecule has 1 unspecified atom stereocenters. The van der Waals surface area contributed by atoms with Gasteiger partial charge in [-0.1, -0.05) is 33.8 Å². The molecule has 0 radical (unpaired) electrons. The van der Waals surface area contributed by atoms with Crippen LogP contribution < -0.4 is 11.1 Å². The van der Waals surface area contributed by atoms with Gasteiger partial charge >= 0.3 is 0 Å². The van der Waals surface area contributed by atoms with E-state index in [2.05, 4.69) is 48.4 Å². The maximum Gasteiger partial charge on any atom is 0.242 e. The summed E-state index contributed by atoms with van der Waals surface area (Å²) in [6, 6.07) is -0.520. The minimum Gasteiger partial charge on any atom is -0.320 e. The van der Waals surface area contributed by atoms with E-state index >= 15 is 0 Å². The third kappa shape index (κ3) is 4.97. The normalized spacial score (nSPS) is 19.1. The zero-order chi connectivity index (χ0) is 17.0. The lowest BCUT2D eigenvalue weighted by Crippen LogP contribution is -2.44. The summed E-state index contributed by atoms with van der Waals surface area (Å²) in [7, 11) is 0. The van der Waals surface area contributed by atoms with Crippen LogP contribution in [0.2, 0.25) is 0 Å². The van der Waals surface area contributed by atoms with Gasteiger partial charge in [-0.15, -0.1) is 11.3 Å². The molecular formula is C17H26N4OS. The van der Waals surface area contributed by atoms with Gasteiger partial charge in [0.15, 0.2) is 0 Å². The third-order valence-corrected chi connectivity index (χ3v) is 4.62. The van der Waals surface area contributed by atoms with Gasteiger partial charge in [0, 0.05) is 5.38 Å². The topological polar surface area (TPSA) is 80.4 Å². The number of dihydropyridines is 1. The number of hydrogen-bond donors (Lipinski definition) is 2. The van der Waals surface area contributed by atoms with Crippen molar-refractivity contribution in [3.05, 3.63) is 28.2 Å². The van der Waals surface area contributed by atoms with Crippen LogP contribution in [-0.2, 0) is 4.79 Å². The summed E-state index contributed by atoms with van der Waals surface area (Å²) in [5, 5.41) is 5.91. The van der Waals surface area contributed by atoms with Crippen molar-refractivity contribution in [2.75, 3.05) is 0 Å². The Labute approximate surface area is 142 Å². The van der Waals surface area contributed by atoms with Crippen LogP contribution in [-0.4, -0.2) is 22.8 Å². The third-order valence-electron chi connectivity index (χ3n) is 3.66. The SMILES string of the molecule is CC(C)C[C@H](N)C(=O)NC1=NC(c2nc(C(C)C)cs2)CC=C1. The number of nitrogens with zero attached hydrogens (tertiary/aromatic N) is 2.